The van der Waals surface area contributed by atoms with Crippen LogP contribution >= 0.6 is 0 Å². The summed E-state index contributed by atoms with van der Waals surface area (Å²) >= 11 is 0. The van der Waals surface area contributed by atoms with Gasteiger partial charge in [-0.3, -0.25) is 9.59 Å². The van der Waals surface area contributed by atoms with Crippen molar-refractivity contribution >= 4 is 17.5 Å². The van der Waals surface area contributed by atoms with Gasteiger partial charge in [0, 0.05) is 17.3 Å². The van der Waals surface area contributed by atoms with E-state index in [0.29, 0.717) is 11.3 Å². The van der Waals surface area contributed by atoms with Gasteiger partial charge in [0.2, 0.25) is 5.91 Å². The molecular formula is C16H23N3O2. The minimum absolute atomic E-state index is 0.0314. The van der Waals surface area contributed by atoms with Crippen LogP contribution in [-0.4, -0.2) is 30.4 Å². The number of anilines is 1. The SMILES string of the molecule is CC(C)NC(=O)c1cccc(NC(=O)[C@@H]2CCCCN2)c1. The monoisotopic (exact) mass is 289 g/mol. The van der Waals surface area contributed by atoms with Crippen LogP contribution < -0.4 is 16.0 Å². The number of nitrogens with one attached hydrogen (secondary N) is 3. The van der Waals surface area contributed by atoms with Crippen LogP contribution in [0.5, 0.6) is 0 Å². The largest absolute Gasteiger partial charge is 0.350 e. The van der Waals surface area contributed by atoms with Crippen LogP contribution in [0.15, 0.2) is 24.3 Å². The Bertz CT molecular complexity index is 508. The van der Waals surface area contributed by atoms with Gasteiger partial charge in [-0.1, -0.05) is 12.5 Å². The highest BCUT2D eigenvalue weighted by Crippen LogP contribution is 2.13. The van der Waals surface area contributed by atoms with Crippen LogP contribution in [0, 0.1) is 0 Å². The minimum Gasteiger partial charge on any atom is -0.350 e. The molecule has 0 radical (unpaired) electrons. The van der Waals surface area contributed by atoms with E-state index in [4.69, 9.17) is 0 Å². The molecule has 114 valence electrons. The third kappa shape index (κ3) is 4.56. The first-order valence-electron chi connectivity index (χ1n) is 7.51. The second kappa shape index (κ2) is 7.22. The normalized spacial score (nSPS) is 18.3. The second-order valence-electron chi connectivity index (χ2n) is 5.70. The average Bonchev–Trinajstić information content (AvgIpc) is 2.47. The van der Waals surface area contributed by atoms with Crippen LogP contribution in [0.3, 0.4) is 0 Å². The molecule has 1 aromatic carbocycles. The smallest absolute Gasteiger partial charge is 0.251 e. The predicted molar refractivity (Wildman–Crippen MR) is 83.3 cm³/mol. The van der Waals surface area contributed by atoms with Crippen molar-refractivity contribution in [2.75, 3.05) is 11.9 Å². The molecule has 1 fully saturated rings. The first-order valence-corrected chi connectivity index (χ1v) is 7.51. The zero-order valence-corrected chi connectivity index (χ0v) is 12.6. The van der Waals surface area contributed by atoms with E-state index in [-0.39, 0.29) is 23.9 Å². The van der Waals surface area contributed by atoms with Gasteiger partial charge in [-0.05, 0) is 51.4 Å². The Labute approximate surface area is 125 Å². The topological polar surface area (TPSA) is 70.2 Å². The lowest BCUT2D eigenvalue weighted by Crippen LogP contribution is -2.43. The number of rotatable bonds is 4. The highest BCUT2D eigenvalue weighted by atomic mass is 16.2. The molecular weight excluding hydrogens is 266 g/mol. The maximum absolute atomic E-state index is 12.2. The molecule has 0 saturated carbocycles. The summed E-state index contributed by atoms with van der Waals surface area (Å²) in [6.45, 7) is 4.71. The summed E-state index contributed by atoms with van der Waals surface area (Å²) in [4.78, 5) is 24.1. The van der Waals surface area contributed by atoms with E-state index < -0.39 is 0 Å². The van der Waals surface area contributed by atoms with Crippen molar-refractivity contribution in [3.05, 3.63) is 29.8 Å². The van der Waals surface area contributed by atoms with Crippen molar-refractivity contribution in [3.63, 3.8) is 0 Å². The van der Waals surface area contributed by atoms with E-state index in [9.17, 15) is 9.59 Å². The molecule has 21 heavy (non-hydrogen) atoms. The van der Waals surface area contributed by atoms with Crippen molar-refractivity contribution in [1.29, 1.82) is 0 Å². The van der Waals surface area contributed by atoms with Gasteiger partial charge in [0.05, 0.1) is 6.04 Å². The third-order valence-corrected chi connectivity index (χ3v) is 3.44. The molecule has 0 aliphatic carbocycles. The maximum Gasteiger partial charge on any atom is 0.251 e. The molecule has 0 aromatic heterocycles. The lowest BCUT2D eigenvalue weighted by Gasteiger charge is -2.22. The summed E-state index contributed by atoms with van der Waals surface area (Å²) in [5.41, 5.74) is 1.21. The number of carbonyl (C=O) groups excluding carboxylic acids is 2. The molecule has 1 atom stereocenters. The molecule has 5 nitrogen and oxygen atoms in total. The van der Waals surface area contributed by atoms with Gasteiger partial charge in [-0.25, -0.2) is 0 Å². The number of piperidine rings is 1. The molecule has 1 aliphatic heterocycles. The van der Waals surface area contributed by atoms with E-state index in [1.54, 1.807) is 24.3 Å². The van der Waals surface area contributed by atoms with Crippen LogP contribution in [0.4, 0.5) is 5.69 Å². The van der Waals surface area contributed by atoms with Gasteiger partial charge in [0.15, 0.2) is 0 Å². The third-order valence-electron chi connectivity index (χ3n) is 3.44. The summed E-state index contributed by atoms with van der Waals surface area (Å²) in [5.74, 6) is -0.159. The number of hydrogen-bond acceptors (Lipinski definition) is 3. The van der Waals surface area contributed by atoms with Gasteiger partial charge in [-0.15, -0.1) is 0 Å². The average molecular weight is 289 g/mol. The van der Waals surface area contributed by atoms with Crippen LogP contribution in [0.2, 0.25) is 0 Å². The van der Waals surface area contributed by atoms with E-state index in [1.807, 2.05) is 13.8 Å². The molecule has 1 heterocycles. The fraction of sp³-hybridized carbons (Fsp3) is 0.500. The Morgan fingerprint density at radius 2 is 2.10 bits per heavy atom. The Hall–Kier alpha value is -1.88. The van der Waals surface area contributed by atoms with Gasteiger partial charge < -0.3 is 16.0 Å². The highest BCUT2D eigenvalue weighted by Gasteiger charge is 2.20. The Kier molecular flexibility index (Phi) is 5.33. The lowest BCUT2D eigenvalue weighted by molar-refractivity contribution is -0.118. The molecule has 0 spiro atoms. The number of hydrogen-bond donors (Lipinski definition) is 3. The molecule has 3 N–H and O–H groups in total. The standard InChI is InChI=1S/C16H23N3O2/c1-11(2)18-15(20)12-6-5-7-13(10-12)19-16(21)14-8-3-4-9-17-14/h5-7,10-11,14,17H,3-4,8-9H2,1-2H3,(H,18,20)(H,19,21)/t14-/m0/s1. The van der Waals surface area contributed by atoms with Crippen molar-refractivity contribution in [2.24, 2.45) is 0 Å². The molecule has 2 amide bonds. The molecule has 1 aliphatic rings. The fourth-order valence-corrected chi connectivity index (χ4v) is 2.39. The van der Waals surface area contributed by atoms with E-state index in [2.05, 4.69) is 16.0 Å². The summed E-state index contributed by atoms with van der Waals surface area (Å²) in [6, 6.07) is 6.98. The van der Waals surface area contributed by atoms with E-state index in [1.165, 1.54) is 0 Å². The van der Waals surface area contributed by atoms with E-state index >= 15 is 0 Å². The van der Waals surface area contributed by atoms with Gasteiger partial charge >= 0.3 is 0 Å². The maximum atomic E-state index is 12.2. The fourth-order valence-electron chi connectivity index (χ4n) is 2.39. The quantitative estimate of drug-likeness (QED) is 0.793. The Morgan fingerprint density at radius 1 is 1.29 bits per heavy atom. The van der Waals surface area contributed by atoms with Gasteiger partial charge in [0.25, 0.3) is 5.91 Å². The first kappa shape index (κ1) is 15.5. The first-order chi connectivity index (χ1) is 10.1. The van der Waals surface area contributed by atoms with Crippen LogP contribution in [0.25, 0.3) is 0 Å². The van der Waals surface area contributed by atoms with Crippen molar-refractivity contribution in [3.8, 4) is 0 Å². The minimum atomic E-state index is -0.133. The summed E-state index contributed by atoms with van der Waals surface area (Å²) in [5, 5.41) is 8.93. The zero-order valence-electron chi connectivity index (χ0n) is 12.6. The number of amides is 2. The van der Waals surface area contributed by atoms with Crippen molar-refractivity contribution in [2.45, 2.75) is 45.2 Å². The molecule has 2 rings (SSSR count). The summed E-state index contributed by atoms with van der Waals surface area (Å²) in [7, 11) is 0. The molecule has 5 heteroatoms. The van der Waals surface area contributed by atoms with Crippen LogP contribution in [0.1, 0.15) is 43.5 Å². The number of benzene rings is 1. The van der Waals surface area contributed by atoms with Crippen molar-refractivity contribution < 1.29 is 9.59 Å². The van der Waals surface area contributed by atoms with Crippen LogP contribution in [-0.2, 0) is 4.79 Å². The molecule has 0 bridgehead atoms. The van der Waals surface area contributed by atoms with Crippen molar-refractivity contribution in [1.82, 2.24) is 10.6 Å². The predicted octanol–water partition coefficient (Wildman–Crippen LogP) is 1.91. The Morgan fingerprint density at radius 3 is 2.76 bits per heavy atom. The zero-order chi connectivity index (χ0) is 15.2. The molecule has 1 saturated heterocycles. The van der Waals surface area contributed by atoms with Gasteiger partial charge in [0.1, 0.15) is 0 Å². The van der Waals surface area contributed by atoms with E-state index in [0.717, 1.165) is 25.8 Å². The highest BCUT2D eigenvalue weighted by molar-refractivity contribution is 5.98. The second-order valence-corrected chi connectivity index (χ2v) is 5.70. The number of carbonyl (C=O) groups is 2. The molecule has 1 aromatic rings. The Balaban J connectivity index is 2.00. The summed E-state index contributed by atoms with van der Waals surface area (Å²) in [6.07, 6.45) is 3.05. The van der Waals surface area contributed by atoms with Gasteiger partial charge in [-0.2, -0.15) is 0 Å². The molecule has 0 unspecified atom stereocenters. The summed E-state index contributed by atoms with van der Waals surface area (Å²) < 4.78 is 0. The lowest BCUT2D eigenvalue weighted by atomic mass is 10.0.